The van der Waals surface area contributed by atoms with Gasteiger partial charge in [0, 0.05) is 30.2 Å². The van der Waals surface area contributed by atoms with E-state index in [1.54, 1.807) is 36.7 Å². The highest BCUT2D eigenvalue weighted by Gasteiger charge is 2.38. The zero-order chi connectivity index (χ0) is 23.5. The number of anilines is 1. The van der Waals surface area contributed by atoms with Crippen molar-refractivity contribution in [2.24, 2.45) is 5.73 Å². The van der Waals surface area contributed by atoms with Crippen LogP contribution in [-0.4, -0.2) is 34.3 Å². The summed E-state index contributed by atoms with van der Waals surface area (Å²) in [4.78, 5) is 32.2. The van der Waals surface area contributed by atoms with Crippen LogP contribution in [0.5, 0.6) is 0 Å². The molecule has 1 saturated heterocycles. The van der Waals surface area contributed by atoms with Crippen LogP contribution in [0.2, 0.25) is 0 Å². The first kappa shape index (κ1) is 22.3. The highest BCUT2D eigenvalue weighted by molar-refractivity contribution is 6.04. The number of rotatable bonds is 5. The van der Waals surface area contributed by atoms with Crippen LogP contribution in [0.4, 0.5) is 5.69 Å². The van der Waals surface area contributed by atoms with E-state index in [1.165, 1.54) is 11.1 Å². The normalized spacial score (nSPS) is 20.4. The van der Waals surface area contributed by atoms with Crippen LogP contribution in [0.3, 0.4) is 0 Å². The maximum Gasteiger partial charge on any atom is 0.255 e. The summed E-state index contributed by atoms with van der Waals surface area (Å²) in [5, 5.41) is 2.87. The van der Waals surface area contributed by atoms with Gasteiger partial charge in [0.15, 0.2) is 0 Å². The number of likely N-dealkylation sites (tertiary alicyclic amines) is 1. The molecule has 34 heavy (non-hydrogen) atoms. The molecule has 2 heterocycles. The largest absolute Gasteiger partial charge is 0.337 e. The number of carbonyl (C=O) groups excluding carboxylic acids is 2. The van der Waals surface area contributed by atoms with Crippen molar-refractivity contribution in [2.75, 3.05) is 11.9 Å². The summed E-state index contributed by atoms with van der Waals surface area (Å²) >= 11 is 0. The number of fused-ring (bicyclic) bond motifs is 1. The van der Waals surface area contributed by atoms with Gasteiger partial charge in [0.1, 0.15) is 0 Å². The summed E-state index contributed by atoms with van der Waals surface area (Å²) in [6.45, 7) is 0.752. The smallest absolute Gasteiger partial charge is 0.255 e. The van der Waals surface area contributed by atoms with Crippen molar-refractivity contribution >= 4 is 17.5 Å². The molecule has 2 amide bonds. The quantitative estimate of drug-likeness (QED) is 0.596. The summed E-state index contributed by atoms with van der Waals surface area (Å²) in [5.41, 5.74) is 11.4. The minimum absolute atomic E-state index is 0.0296. The standard InChI is InChI=1S/C28H30N4O2/c29-26(20-10-12-21(13-11-20)27(33)31-22-14-16-30-17-15-22)25-9-4-18-32(25)28(34)24-8-3-6-19-5-1-2-7-23(19)24/h1-2,5,7,10-17,24-26H,3-4,6,8-9,18,29H2,(H,30,31,33)/t24?,25-,26+/m1/s1. The van der Waals surface area contributed by atoms with Gasteiger partial charge in [0.25, 0.3) is 5.91 Å². The fourth-order valence-corrected chi connectivity index (χ4v) is 5.37. The molecule has 2 aliphatic rings. The number of carbonyl (C=O) groups is 2. The molecule has 3 aromatic rings. The second-order valence-corrected chi connectivity index (χ2v) is 9.22. The average molecular weight is 455 g/mol. The lowest BCUT2D eigenvalue weighted by molar-refractivity contribution is -0.134. The number of hydrogen-bond donors (Lipinski definition) is 2. The highest BCUT2D eigenvalue weighted by atomic mass is 16.2. The van der Waals surface area contributed by atoms with Crippen molar-refractivity contribution in [3.63, 3.8) is 0 Å². The first-order valence-electron chi connectivity index (χ1n) is 12.1. The molecule has 6 heteroatoms. The van der Waals surface area contributed by atoms with Gasteiger partial charge >= 0.3 is 0 Å². The second kappa shape index (κ2) is 9.77. The van der Waals surface area contributed by atoms with E-state index in [2.05, 4.69) is 28.5 Å². The van der Waals surface area contributed by atoms with E-state index < -0.39 is 0 Å². The molecule has 3 N–H and O–H groups in total. The van der Waals surface area contributed by atoms with E-state index in [4.69, 9.17) is 5.73 Å². The van der Waals surface area contributed by atoms with Crippen LogP contribution < -0.4 is 11.1 Å². The predicted molar refractivity (Wildman–Crippen MR) is 132 cm³/mol. The first-order chi connectivity index (χ1) is 16.6. The van der Waals surface area contributed by atoms with E-state index in [0.717, 1.165) is 44.2 Å². The third kappa shape index (κ3) is 4.46. The number of aromatic nitrogens is 1. The zero-order valence-corrected chi connectivity index (χ0v) is 19.2. The fraction of sp³-hybridized carbons (Fsp3) is 0.321. The van der Waals surface area contributed by atoms with Gasteiger partial charge in [-0.25, -0.2) is 0 Å². The Labute approximate surface area is 200 Å². The Morgan fingerprint density at radius 3 is 2.53 bits per heavy atom. The lowest BCUT2D eigenvalue weighted by atomic mass is 9.82. The minimum Gasteiger partial charge on any atom is -0.337 e. The van der Waals surface area contributed by atoms with Crippen molar-refractivity contribution in [3.8, 4) is 0 Å². The van der Waals surface area contributed by atoms with Crippen molar-refractivity contribution in [1.82, 2.24) is 9.88 Å². The molecule has 1 fully saturated rings. The fourth-order valence-electron chi connectivity index (χ4n) is 5.37. The van der Waals surface area contributed by atoms with Crippen LogP contribution in [-0.2, 0) is 11.2 Å². The summed E-state index contributed by atoms with van der Waals surface area (Å²) in [6, 6.07) is 18.9. The molecule has 174 valence electrons. The number of nitrogens with zero attached hydrogens (tertiary/aromatic N) is 2. The first-order valence-corrected chi connectivity index (χ1v) is 12.1. The third-order valence-electron chi connectivity index (χ3n) is 7.16. The topological polar surface area (TPSA) is 88.3 Å². The number of amides is 2. The molecule has 1 aliphatic heterocycles. The molecule has 1 aromatic heterocycles. The molecule has 3 atom stereocenters. The number of pyridine rings is 1. The van der Waals surface area contributed by atoms with E-state index in [9.17, 15) is 9.59 Å². The third-order valence-corrected chi connectivity index (χ3v) is 7.16. The number of nitrogens with one attached hydrogen (secondary N) is 1. The highest BCUT2D eigenvalue weighted by Crippen LogP contribution is 2.36. The van der Waals surface area contributed by atoms with Gasteiger partial charge in [-0.2, -0.15) is 0 Å². The Balaban J connectivity index is 1.29. The Morgan fingerprint density at radius 2 is 1.74 bits per heavy atom. The van der Waals surface area contributed by atoms with E-state index in [1.807, 2.05) is 23.1 Å². The lowest BCUT2D eigenvalue weighted by Crippen LogP contribution is -2.44. The van der Waals surface area contributed by atoms with Gasteiger partial charge in [-0.1, -0.05) is 36.4 Å². The molecule has 0 bridgehead atoms. The summed E-state index contributed by atoms with van der Waals surface area (Å²) in [5.74, 6) is -0.0459. The predicted octanol–water partition coefficient (Wildman–Crippen LogP) is 4.44. The molecule has 0 saturated carbocycles. The van der Waals surface area contributed by atoms with E-state index >= 15 is 0 Å². The van der Waals surface area contributed by atoms with Crippen LogP contribution >= 0.6 is 0 Å². The Bertz CT molecular complexity index is 1160. The Morgan fingerprint density at radius 1 is 0.971 bits per heavy atom. The molecule has 1 aliphatic carbocycles. The number of aryl methyl sites for hydroxylation is 1. The second-order valence-electron chi connectivity index (χ2n) is 9.22. The van der Waals surface area contributed by atoms with Crippen molar-refractivity contribution < 1.29 is 9.59 Å². The van der Waals surface area contributed by atoms with Gasteiger partial charge in [-0.05, 0) is 73.1 Å². The molecule has 1 unspecified atom stereocenters. The van der Waals surface area contributed by atoms with Gasteiger partial charge in [-0.3, -0.25) is 14.6 Å². The number of nitrogens with two attached hydrogens (primary N) is 1. The van der Waals surface area contributed by atoms with Gasteiger partial charge < -0.3 is 16.0 Å². The maximum atomic E-state index is 13.6. The van der Waals surface area contributed by atoms with Gasteiger partial charge in [0.05, 0.1) is 18.0 Å². The average Bonchev–Trinajstić information content (AvgIpc) is 3.38. The monoisotopic (exact) mass is 454 g/mol. The molecule has 6 nitrogen and oxygen atoms in total. The van der Waals surface area contributed by atoms with Crippen LogP contribution in [0.15, 0.2) is 73.1 Å². The van der Waals surface area contributed by atoms with Gasteiger partial charge in [0.2, 0.25) is 5.91 Å². The number of hydrogen-bond acceptors (Lipinski definition) is 4. The van der Waals surface area contributed by atoms with Crippen LogP contribution in [0.25, 0.3) is 0 Å². The van der Waals surface area contributed by atoms with Crippen molar-refractivity contribution in [3.05, 3.63) is 95.3 Å². The molecule has 0 radical (unpaired) electrons. The van der Waals surface area contributed by atoms with Crippen molar-refractivity contribution in [1.29, 1.82) is 0 Å². The molecule has 5 rings (SSSR count). The maximum absolute atomic E-state index is 13.6. The molecular weight excluding hydrogens is 424 g/mol. The summed E-state index contributed by atoms with van der Waals surface area (Å²) in [6.07, 6.45) is 8.12. The molecule has 2 aromatic carbocycles. The summed E-state index contributed by atoms with van der Waals surface area (Å²) < 4.78 is 0. The van der Waals surface area contributed by atoms with Crippen LogP contribution in [0.1, 0.15) is 64.7 Å². The molecule has 0 spiro atoms. The summed E-state index contributed by atoms with van der Waals surface area (Å²) in [7, 11) is 0. The zero-order valence-electron chi connectivity index (χ0n) is 19.2. The van der Waals surface area contributed by atoms with E-state index in [0.29, 0.717) is 11.3 Å². The lowest BCUT2D eigenvalue weighted by Gasteiger charge is -2.34. The number of benzene rings is 2. The van der Waals surface area contributed by atoms with E-state index in [-0.39, 0.29) is 29.8 Å². The Kier molecular flexibility index (Phi) is 6.41. The van der Waals surface area contributed by atoms with Crippen molar-refractivity contribution in [2.45, 2.75) is 50.1 Å². The molecular formula is C28H30N4O2. The van der Waals surface area contributed by atoms with Crippen LogP contribution in [0, 0.1) is 0 Å². The Hall–Kier alpha value is -3.51. The SMILES string of the molecule is N[C@@H](c1ccc(C(=O)Nc2ccncc2)cc1)[C@H]1CCCN1C(=O)C1CCCc2ccccc21. The minimum atomic E-state index is -0.289. The van der Waals surface area contributed by atoms with Gasteiger partial charge in [-0.15, -0.1) is 0 Å².